The molecule has 1 aliphatic heterocycles. The quantitative estimate of drug-likeness (QED) is 0.321. The summed E-state index contributed by atoms with van der Waals surface area (Å²) in [6, 6.07) is 7.99. The van der Waals surface area contributed by atoms with Crippen molar-refractivity contribution in [3.63, 3.8) is 0 Å². The lowest BCUT2D eigenvalue weighted by Gasteiger charge is -2.40. The highest BCUT2D eigenvalue weighted by atomic mass is 16.6. The third-order valence-corrected chi connectivity index (χ3v) is 4.61. The molecule has 2 unspecified atom stereocenters. The van der Waals surface area contributed by atoms with Crippen molar-refractivity contribution in [1.29, 1.82) is 0 Å². The first-order valence-electron chi connectivity index (χ1n) is 9.35. The fourth-order valence-electron chi connectivity index (χ4n) is 3.02. The molecule has 0 bridgehead atoms. The monoisotopic (exact) mass is 412 g/mol. The van der Waals surface area contributed by atoms with Crippen molar-refractivity contribution in [2.45, 2.75) is 63.1 Å². The van der Waals surface area contributed by atoms with Crippen molar-refractivity contribution >= 4 is 12.0 Å². The van der Waals surface area contributed by atoms with Crippen LogP contribution in [0.3, 0.4) is 0 Å². The van der Waals surface area contributed by atoms with Gasteiger partial charge in [-0.05, 0) is 25.8 Å². The number of rotatable bonds is 7. The molecule has 1 saturated heterocycles. The zero-order valence-electron chi connectivity index (χ0n) is 16.3. The smallest absolute Gasteiger partial charge is 0.408 e. The van der Waals surface area contributed by atoms with Gasteiger partial charge in [-0.1, -0.05) is 30.3 Å². The highest BCUT2D eigenvalue weighted by Crippen LogP contribution is 2.19. The van der Waals surface area contributed by atoms with Crippen LogP contribution < -0.4 is 10.6 Å². The van der Waals surface area contributed by atoms with E-state index >= 15 is 0 Å². The number of benzene rings is 1. The highest BCUT2D eigenvalue weighted by Gasteiger charge is 2.44. The molecular formula is C19H28N2O8. The Morgan fingerprint density at radius 3 is 2.41 bits per heavy atom. The zero-order chi connectivity index (χ0) is 21.6. The van der Waals surface area contributed by atoms with Crippen LogP contribution in [0.2, 0.25) is 0 Å². The molecule has 2 amide bonds. The lowest BCUT2D eigenvalue weighted by molar-refractivity contribution is -0.253. The van der Waals surface area contributed by atoms with E-state index < -0.39 is 55.4 Å². The molecule has 0 saturated carbocycles. The maximum absolute atomic E-state index is 12.2. The van der Waals surface area contributed by atoms with Crippen LogP contribution in [-0.4, -0.2) is 81.8 Å². The van der Waals surface area contributed by atoms with Gasteiger partial charge in [-0.3, -0.25) is 4.79 Å². The summed E-state index contributed by atoms with van der Waals surface area (Å²) in [7, 11) is 0. The standard InChI is InChI=1S/C19H28N2O8/c1-10(8-12-6-4-3-5-7-12)20-17(25)11(2)28-19(27)21-14-16(24)15(23)13(9-22)29-18(14)26/h3-7,10-11,13-16,18,22-24,26H,8-9H2,1-2H3,(H,20,25)(H,21,27)/t10-,11?,13+,14+,15+,16+,18?/m0/s1. The Labute approximate surface area is 168 Å². The summed E-state index contributed by atoms with van der Waals surface area (Å²) in [4.78, 5) is 24.3. The average molecular weight is 412 g/mol. The van der Waals surface area contributed by atoms with E-state index in [1.807, 2.05) is 37.3 Å². The first-order valence-corrected chi connectivity index (χ1v) is 9.35. The second-order valence-electron chi connectivity index (χ2n) is 7.05. The third kappa shape index (κ3) is 6.38. The number of nitrogens with one attached hydrogen (secondary N) is 2. The number of aliphatic hydroxyl groups is 4. The number of hydrogen-bond acceptors (Lipinski definition) is 8. The normalized spacial score (nSPS) is 28.8. The third-order valence-electron chi connectivity index (χ3n) is 4.61. The Balaban J connectivity index is 1.82. The second-order valence-corrected chi connectivity index (χ2v) is 7.05. The Hall–Kier alpha value is -2.24. The second kappa shape index (κ2) is 10.5. The molecule has 6 N–H and O–H groups in total. The van der Waals surface area contributed by atoms with E-state index in [2.05, 4.69) is 10.6 Å². The molecule has 1 aromatic rings. The molecular weight excluding hydrogens is 384 g/mol. The van der Waals surface area contributed by atoms with Gasteiger partial charge in [0.25, 0.3) is 5.91 Å². The predicted molar refractivity (Wildman–Crippen MR) is 101 cm³/mol. The van der Waals surface area contributed by atoms with E-state index in [9.17, 15) is 24.9 Å². The Bertz CT molecular complexity index is 673. The maximum Gasteiger partial charge on any atom is 0.408 e. The van der Waals surface area contributed by atoms with Crippen molar-refractivity contribution < 1.29 is 39.5 Å². The van der Waals surface area contributed by atoms with Gasteiger partial charge in [0.1, 0.15) is 24.4 Å². The van der Waals surface area contributed by atoms with Gasteiger partial charge >= 0.3 is 6.09 Å². The molecule has 1 fully saturated rings. The van der Waals surface area contributed by atoms with Crippen LogP contribution >= 0.6 is 0 Å². The number of carbonyl (C=O) groups is 2. The van der Waals surface area contributed by atoms with Gasteiger partial charge in [-0.15, -0.1) is 0 Å². The van der Waals surface area contributed by atoms with Crippen LogP contribution in [0.15, 0.2) is 30.3 Å². The van der Waals surface area contributed by atoms with E-state index in [1.165, 1.54) is 6.92 Å². The fourth-order valence-corrected chi connectivity index (χ4v) is 3.02. The molecule has 29 heavy (non-hydrogen) atoms. The summed E-state index contributed by atoms with van der Waals surface area (Å²) < 4.78 is 9.92. The topological polar surface area (TPSA) is 158 Å². The molecule has 1 aliphatic rings. The number of ether oxygens (including phenoxy) is 2. The van der Waals surface area contributed by atoms with Crippen molar-refractivity contribution in [2.75, 3.05) is 6.61 Å². The van der Waals surface area contributed by atoms with Gasteiger partial charge in [0, 0.05) is 6.04 Å². The first-order chi connectivity index (χ1) is 13.7. The summed E-state index contributed by atoms with van der Waals surface area (Å²) in [5.41, 5.74) is 1.05. The van der Waals surface area contributed by atoms with Crippen molar-refractivity contribution in [1.82, 2.24) is 10.6 Å². The van der Waals surface area contributed by atoms with E-state index in [4.69, 9.17) is 14.6 Å². The van der Waals surface area contributed by atoms with Crippen LogP contribution in [0.5, 0.6) is 0 Å². The number of hydrogen-bond donors (Lipinski definition) is 6. The van der Waals surface area contributed by atoms with Gasteiger partial charge < -0.3 is 40.5 Å². The molecule has 2 rings (SSSR count). The SMILES string of the molecule is CC(OC(=O)N[C@H]1C(O)O[C@H](CO)[C@@H](O)[C@@H]1O)C(=O)N[C@@H](C)Cc1ccccc1. The molecule has 0 aliphatic carbocycles. The average Bonchev–Trinajstić information content (AvgIpc) is 2.68. The summed E-state index contributed by atoms with van der Waals surface area (Å²) in [6.07, 6.45) is -7.59. The fraction of sp³-hybridized carbons (Fsp3) is 0.579. The predicted octanol–water partition coefficient (Wildman–Crippen LogP) is -1.35. The van der Waals surface area contributed by atoms with E-state index in [0.717, 1.165) is 5.56 Å². The number of carbonyl (C=O) groups excluding carboxylic acids is 2. The minimum Gasteiger partial charge on any atom is -0.436 e. The summed E-state index contributed by atoms with van der Waals surface area (Å²) >= 11 is 0. The summed E-state index contributed by atoms with van der Waals surface area (Å²) in [6.45, 7) is 2.58. The van der Waals surface area contributed by atoms with Gasteiger partial charge in [0.15, 0.2) is 12.4 Å². The first kappa shape index (κ1) is 23.0. The number of alkyl carbamates (subject to hydrolysis) is 1. The molecule has 0 aromatic heterocycles. The lowest BCUT2D eigenvalue weighted by atomic mass is 9.97. The van der Waals surface area contributed by atoms with E-state index in [0.29, 0.717) is 6.42 Å². The van der Waals surface area contributed by atoms with Gasteiger partial charge in [-0.25, -0.2) is 4.79 Å². The molecule has 162 valence electrons. The minimum absolute atomic E-state index is 0.194. The van der Waals surface area contributed by atoms with E-state index in [1.54, 1.807) is 0 Å². The largest absolute Gasteiger partial charge is 0.436 e. The van der Waals surface area contributed by atoms with Crippen LogP contribution in [-0.2, 0) is 20.7 Å². The van der Waals surface area contributed by atoms with Gasteiger partial charge in [0.2, 0.25) is 0 Å². The molecule has 1 aromatic carbocycles. The molecule has 10 nitrogen and oxygen atoms in total. The van der Waals surface area contributed by atoms with Crippen LogP contribution in [0.1, 0.15) is 19.4 Å². The maximum atomic E-state index is 12.2. The van der Waals surface area contributed by atoms with Crippen molar-refractivity contribution in [3.05, 3.63) is 35.9 Å². The van der Waals surface area contributed by atoms with Crippen LogP contribution in [0.4, 0.5) is 4.79 Å². The summed E-state index contributed by atoms with van der Waals surface area (Å²) in [5.74, 6) is -0.509. The zero-order valence-corrected chi connectivity index (χ0v) is 16.3. The number of aliphatic hydroxyl groups excluding tert-OH is 4. The van der Waals surface area contributed by atoms with Crippen molar-refractivity contribution in [2.24, 2.45) is 0 Å². The minimum atomic E-state index is -1.67. The lowest BCUT2D eigenvalue weighted by Crippen LogP contribution is -2.64. The number of amides is 2. The molecule has 7 atom stereocenters. The molecule has 0 radical (unpaired) electrons. The highest BCUT2D eigenvalue weighted by molar-refractivity contribution is 5.83. The summed E-state index contributed by atoms with van der Waals surface area (Å²) in [5, 5.41) is 43.6. The van der Waals surface area contributed by atoms with Crippen molar-refractivity contribution in [3.8, 4) is 0 Å². The van der Waals surface area contributed by atoms with Crippen LogP contribution in [0.25, 0.3) is 0 Å². The van der Waals surface area contributed by atoms with Gasteiger partial charge in [0.05, 0.1) is 6.61 Å². The van der Waals surface area contributed by atoms with Gasteiger partial charge in [-0.2, -0.15) is 0 Å². The van der Waals surface area contributed by atoms with E-state index in [-0.39, 0.29) is 6.04 Å². The molecule has 10 heteroatoms. The molecule has 0 spiro atoms. The molecule has 1 heterocycles. The van der Waals surface area contributed by atoms with Crippen LogP contribution in [0, 0.1) is 0 Å². The Morgan fingerprint density at radius 1 is 1.14 bits per heavy atom. The Kier molecular flexibility index (Phi) is 8.35. The Morgan fingerprint density at radius 2 is 1.79 bits per heavy atom.